The number of ether oxygens (including phenoxy) is 1. The molecule has 2 aromatic rings. The van der Waals surface area contributed by atoms with Gasteiger partial charge < -0.3 is 9.64 Å². The minimum atomic E-state index is -4.39. The summed E-state index contributed by atoms with van der Waals surface area (Å²) in [6, 6.07) is 10.4. The van der Waals surface area contributed by atoms with Crippen molar-refractivity contribution in [1.29, 1.82) is 0 Å². The molecule has 0 heterocycles. The Hall–Kier alpha value is -2.75. The van der Waals surface area contributed by atoms with Gasteiger partial charge in [0.1, 0.15) is 5.75 Å². The van der Waals surface area contributed by atoms with E-state index in [1.165, 1.54) is 32.4 Å². The molecule has 0 aromatic heterocycles. The summed E-state index contributed by atoms with van der Waals surface area (Å²) in [7, 11) is -1.45. The molecule has 29 heavy (non-hydrogen) atoms. The average molecular weight is 430 g/mol. The Kier molecular flexibility index (Phi) is 6.78. The number of sulfonamides is 1. The van der Waals surface area contributed by atoms with Crippen molar-refractivity contribution >= 4 is 21.6 Å². The third kappa shape index (κ3) is 5.86. The smallest absolute Gasteiger partial charge is 0.390 e. The SMILES string of the molecule is COc1ccccc1NS(=O)(=O)c1cc(C(=O)N(C)CCC(F)(F)F)ccc1C. The third-order valence-electron chi connectivity index (χ3n) is 4.15. The number of rotatable bonds is 7. The minimum Gasteiger partial charge on any atom is -0.495 e. The average Bonchev–Trinajstić information content (AvgIpc) is 2.65. The monoisotopic (exact) mass is 430 g/mol. The quantitative estimate of drug-likeness (QED) is 0.725. The number of aryl methyl sites for hydroxylation is 1. The number of anilines is 1. The van der Waals surface area contributed by atoms with Crippen molar-refractivity contribution in [3.63, 3.8) is 0 Å². The number of carbonyl (C=O) groups excluding carboxylic acids is 1. The van der Waals surface area contributed by atoms with Crippen LogP contribution in [0.4, 0.5) is 18.9 Å². The number of alkyl halides is 3. The Balaban J connectivity index is 2.31. The number of nitrogens with zero attached hydrogens (tertiary/aromatic N) is 1. The van der Waals surface area contributed by atoms with E-state index in [4.69, 9.17) is 4.74 Å². The lowest BCUT2D eigenvalue weighted by Gasteiger charge is -2.19. The fraction of sp³-hybridized carbons (Fsp3) is 0.316. The van der Waals surface area contributed by atoms with E-state index < -0.39 is 35.1 Å². The minimum absolute atomic E-state index is 0.0272. The highest BCUT2D eigenvalue weighted by Crippen LogP contribution is 2.28. The Labute approximate surface area is 167 Å². The summed E-state index contributed by atoms with van der Waals surface area (Å²) in [5.41, 5.74) is 0.566. The second-order valence-corrected chi connectivity index (χ2v) is 8.03. The predicted molar refractivity (Wildman–Crippen MR) is 103 cm³/mol. The van der Waals surface area contributed by atoms with Crippen LogP contribution in [0.2, 0.25) is 0 Å². The van der Waals surface area contributed by atoms with Crippen LogP contribution in [0, 0.1) is 6.92 Å². The van der Waals surface area contributed by atoms with Crippen LogP contribution in [0.3, 0.4) is 0 Å². The Morgan fingerprint density at radius 2 is 1.83 bits per heavy atom. The van der Waals surface area contributed by atoms with Gasteiger partial charge >= 0.3 is 6.18 Å². The summed E-state index contributed by atoms with van der Waals surface area (Å²) >= 11 is 0. The lowest BCUT2D eigenvalue weighted by atomic mass is 10.1. The van der Waals surface area contributed by atoms with Crippen molar-refractivity contribution < 1.29 is 31.1 Å². The van der Waals surface area contributed by atoms with Crippen molar-refractivity contribution in [2.24, 2.45) is 0 Å². The molecule has 0 bridgehead atoms. The molecule has 0 saturated heterocycles. The maximum absolute atomic E-state index is 12.9. The molecule has 0 unspecified atom stereocenters. The van der Waals surface area contributed by atoms with Gasteiger partial charge in [0.05, 0.1) is 24.1 Å². The molecule has 158 valence electrons. The lowest BCUT2D eigenvalue weighted by molar-refractivity contribution is -0.136. The van der Waals surface area contributed by atoms with Gasteiger partial charge in [0.15, 0.2) is 0 Å². The first-order chi connectivity index (χ1) is 13.4. The van der Waals surface area contributed by atoms with Crippen molar-refractivity contribution in [3.8, 4) is 5.75 Å². The number of para-hydroxylation sites is 2. The van der Waals surface area contributed by atoms with E-state index in [1.54, 1.807) is 25.1 Å². The number of methoxy groups -OCH3 is 1. The van der Waals surface area contributed by atoms with Crippen LogP contribution >= 0.6 is 0 Å². The van der Waals surface area contributed by atoms with Crippen LogP contribution in [0.25, 0.3) is 0 Å². The number of carbonyl (C=O) groups is 1. The normalized spacial score (nSPS) is 11.8. The fourth-order valence-corrected chi connectivity index (χ4v) is 3.91. The summed E-state index contributed by atoms with van der Waals surface area (Å²) in [6.07, 6.45) is -5.55. The van der Waals surface area contributed by atoms with Crippen LogP contribution in [-0.2, 0) is 10.0 Å². The van der Waals surface area contributed by atoms with Crippen molar-refractivity contribution in [2.75, 3.05) is 25.4 Å². The van der Waals surface area contributed by atoms with Gasteiger partial charge in [-0.2, -0.15) is 13.2 Å². The van der Waals surface area contributed by atoms with E-state index in [9.17, 15) is 26.4 Å². The van der Waals surface area contributed by atoms with Gasteiger partial charge in [0, 0.05) is 19.2 Å². The Morgan fingerprint density at radius 1 is 1.17 bits per heavy atom. The third-order valence-corrected chi connectivity index (χ3v) is 5.66. The van der Waals surface area contributed by atoms with Gasteiger partial charge in [-0.3, -0.25) is 9.52 Å². The van der Waals surface area contributed by atoms with Gasteiger partial charge in [-0.25, -0.2) is 8.42 Å². The summed E-state index contributed by atoms with van der Waals surface area (Å²) in [6.45, 7) is 1.02. The summed E-state index contributed by atoms with van der Waals surface area (Å²) in [4.78, 5) is 13.2. The summed E-state index contributed by atoms with van der Waals surface area (Å²) < 4.78 is 70.4. The molecule has 0 aliphatic heterocycles. The van der Waals surface area contributed by atoms with Crippen LogP contribution < -0.4 is 9.46 Å². The molecule has 1 amide bonds. The van der Waals surface area contributed by atoms with Crippen LogP contribution in [-0.4, -0.2) is 46.1 Å². The maximum atomic E-state index is 12.9. The molecular formula is C19H21F3N2O4S. The maximum Gasteiger partial charge on any atom is 0.390 e. The van der Waals surface area contributed by atoms with Crippen LogP contribution in [0.1, 0.15) is 22.3 Å². The zero-order chi connectivity index (χ0) is 21.8. The molecule has 1 N–H and O–H groups in total. The molecule has 2 aromatic carbocycles. The lowest BCUT2D eigenvalue weighted by Crippen LogP contribution is -2.30. The van der Waals surface area contributed by atoms with Crippen LogP contribution in [0.15, 0.2) is 47.4 Å². The van der Waals surface area contributed by atoms with Crippen molar-refractivity contribution in [3.05, 3.63) is 53.6 Å². The van der Waals surface area contributed by atoms with E-state index in [-0.39, 0.29) is 16.1 Å². The number of benzene rings is 2. The van der Waals surface area contributed by atoms with Gasteiger partial charge in [-0.15, -0.1) is 0 Å². The van der Waals surface area contributed by atoms with E-state index in [1.807, 2.05) is 0 Å². The van der Waals surface area contributed by atoms with E-state index in [2.05, 4.69) is 4.72 Å². The topological polar surface area (TPSA) is 75.7 Å². The highest BCUT2D eigenvalue weighted by Gasteiger charge is 2.28. The molecule has 0 aliphatic rings. The van der Waals surface area contributed by atoms with Gasteiger partial charge in [0.2, 0.25) is 0 Å². The van der Waals surface area contributed by atoms with Crippen molar-refractivity contribution in [1.82, 2.24) is 4.90 Å². The predicted octanol–water partition coefficient (Wildman–Crippen LogP) is 3.83. The number of hydrogen-bond acceptors (Lipinski definition) is 4. The number of halogens is 3. The molecule has 0 radical (unpaired) electrons. The molecule has 0 saturated carbocycles. The van der Waals surface area contributed by atoms with E-state index in [0.29, 0.717) is 11.3 Å². The second-order valence-electron chi connectivity index (χ2n) is 6.38. The first-order valence-electron chi connectivity index (χ1n) is 8.53. The Bertz CT molecular complexity index is 991. The van der Waals surface area contributed by atoms with Gasteiger partial charge in [-0.05, 0) is 36.8 Å². The number of hydrogen-bond donors (Lipinski definition) is 1. The first kappa shape index (κ1) is 22.5. The number of amides is 1. The Morgan fingerprint density at radius 3 is 2.45 bits per heavy atom. The highest BCUT2D eigenvalue weighted by molar-refractivity contribution is 7.92. The van der Waals surface area contributed by atoms with Crippen LogP contribution in [0.5, 0.6) is 5.75 Å². The fourth-order valence-electron chi connectivity index (χ4n) is 2.57. The molecule has 10 heteroatoms. The molecule has 6 nitrogen and oxygen atoms in total. The molecule has 0 fully saturated rings. The zero-order valence-corrected chi connectivity index (χ0v) is 16.9. The summed E-state index contributed by atoms with van der Waals surface area (Å²) in [5, 5.41) is 0. The second kappa shape index (κ2) is 8.73. The number of nitrogens with one attached hydrogen (secondary N) is 1. The first-order valence-corrected chi connectivity index (χ1v) is 10.0. The zero-order valence-electron chi connectivity index (χ0n) is 16.1. The van der Waals surface area contributed by atoms with Gasteiger partial charge in [0.25, 0.3) is 15.9 Å². The molecule has 0 atom stereocenters. The molecule has 0 aliphatic carbocycles. The molecule has 2 rings (SSSR count). The van der Waals surface area contributed by atoms with E-state index in [0.717, 1.165) is 11.0 Å². The standard InChI is InChI=1S/C19H21F3N2O4S/c1-13-8-9-14(18(25)24(2)11-10-19(20,21)22)12-17(13)29(26,27)23-15-6-4-5-7-16(15)28-3/h4-9,12,23H,10-11H2,1-3H3. The largest absolute Gasteiger partial charge is 0.495 e. The molecular weight excluding hydrogens is 409 g/mol. The highest BCUT2D eigenvalue weighted by atomic mass is 32.2. The van der Waals surface area contributed by atoms with Gasteiger partial charge in [-0.1, -0.05) is 18.2 Å². The molecule has 0 spiro atoms. The van der Waals surface area contributed by atoms with E-state index >= 15 is 0 Å². The summed E-state index contributed by atoms with van der Waals surface area (Å²) in [5.74, 6) is -0.393. The van der Waals surface area contributed by atoms with Crippen molar-refractivity contribution in [2.45, 2.75) is 24.4 Å².